The molecular weight excluding hydrogens is 275 g/mol. The first-order valence-electron chi connectivity index (χ1n) is 6.26. The highest BCUT2D eigenvalue weighted by atomic mass is 19.4. The standard InChI is InChI=1S/C12H16F3N3O2/c1-7-9(17-8(2)16-7)10(19)18-5-3-4-11(20,6-18)12(13,14)15/h20H,3-6H2,1-2H3,(H,16,17). The Bertz CT molecular complexity index is 527. The second-order valence-corrected chi connectivity index (χ2v) is 5.16. The van der Waals surface area contributed by atoms with Crippen molar-refractivity contribution in [2.45, 2.75) is 38.5 Å². The Morgan fingerprint density at radius 3 is 2.60 bits per heavy atom. The van der Waals surface area contributed by atoms with Crippen LogP contribution in [-0.2, 0) is 0 Å². The van der Waals surface area contributed by atoms with E-state index in [1.807, 2.05) is 0 Å². The number of alkyl halides is 3. The van der Waals surface area contributed by atoms with Crippen molar-refractivity contribution in [3.05, 3.63) is 17.2 Å². The summed E-state index contributed by atoms with van der Waals surface area (Å²) in [5.74, 6) is -0.0665. The molecule has 1 saturated heterocycles. The maximum absolute atomic E-state index is 12.8. The van der Waals surface area contributed by atoms with Crippen LogP contribution in [0, 0.1) is 13.8 Å². The number of carbonyl (C=O) groups is 1. The van der Waals surface area contributed by atoms with Crippen LogP contribution >= 0.6 is 0 Å². The summed E-state index contributed by atoms with van der Waals surface area (Å²) >= 11 is 0. The minimum atomic E-state index is -4.75. The number of aromatic amines is 1. The van der Waals surface area contributed by atoms with Crippen molar-refractivity contribution < 1.29 is 23.1 Å². The molecule has 0 radical (unpaired) electrons. The highest BCUT2D eigenvalue weighted by Crippen LogP contribution is 2.37. The lowest BCUT2D eigenvalue weighted by Crippen LogP contribution is -2.58. The van der Waals surface area contributed by atoms with Gasteiger partial charge in [-0.1, -0.05) is 0 Å². The summed E-state index contributed by atoms with van der Waals surface area (Å²) in [6.07, 6.45) is -5.04. The average Bonchev–Trinajstić information content (AvgIpc) is 2.66. The van der Waals surface area contributed by atoms with Gasteiger partial charge in [0.15, 0.2) is 5.60 Å². The third-order valence-electron chi connectivity index (χ3n) is 3.49. The van der Waals surface area contributed by atoms with Crippen LogP contribution in [0.4, 0.5) is 13.2 Å². The summed E-state index contributed by atoms with van der Waals surface area (Å²) in [5.41, 5.74) is -2.22. The fraction of sp³-hybridized carbons (Fsp3) is 0.667. The first-order valence-corrected chi connectivity index (χ1v) is 6.26. The molecule has 1 aliphatic heterocycles. The van der Waals surface area contributed by atoms with Crippen LogP contribution in [0.25, 0.3) is 0 Å². The molecule has 1 fully saturated rings. The summed E-state index contributed by atoms with van der Waals surface area (Å²) in [7, 11) is 0. The predicted octanol–water partition coefficient (Wildman–Crippen LogP) is 1.56. The van der Waals surface area contributed by atoms with E-state index in [0.717, 1.165) is 4.90 Å². The number of hydrogen-bond acceptors (Lipinski definition) is 3. The third-order valence-corrected chi connectivity index (χ3v) is 3.49. The van der Waals surface area contributed by atoms with Gasteiger partial charge in [0.1, 0.15) is 11.5 Å². The second-order valence-electron chi connectivity index (χ2n) is 5.16. The van der Waals surface area contributed by atoms with E-state index < -0.39 is 30.7 Å². The van der Waals surface area contributed by atoms with Gasteiger partial charge in [-0.15, -0.1) is 0 Å². The van der Waals surface area contributed by atoms with Gasteiger partial charge in [0, 0.05) is 12.2 Å². The largest absolute Gasteiger partial charge is 0.418 e. The Morgan fingerprint density at radius 1 is 1.45 bits per heavy atom. The van der Waals surface area contributed by atoms with E-state index in [4.69, 9.17) is 0 Å². The minimum absolute atomic E-state index is 0.101. The number of amides is 1. The lowest BCUT2D eigenvalue weighted by molar-refractivity contribution is -0.271. The molecule has 2 rings (SSSR count). The Morgan fingerprint density at radius 2 is 2.10 bits per heavy atom. The molecular formula is C12H16F3N3O2. The van der Waals surface area contributed by atoms with Gasteiger partial charge >= 0.3 is 6.18 Å². The van der Waals surface area contributed by atoms with E-state index in [1.165, 1.54) is 0 Å². The number of aryl methyl sites for hydroxylation is 2. The number of carbonyl (C=O) groups excluding carboxylic acids is 1. The van der Waals surface area contributed by atoms with E-state index in [9.17, 15) is 23.1 Å². The molecule has 20 heavy (non-hydrogen) atoms. The second kappa shape index (κ2) is 4.76. The molecule has 1 aromatic heterocycles. The number of hydrogen-bond donors (Lipinski definition) is 2. The number of rotatable bonds is 1. The number of aliphatic hydroxyl groups is 1. The van der Waals surface area contributed by atoms with Crippen LogP contribution in [0.3, 0.4) is 0 Å². The Kier molecular flexibility index (Phi) is 3.53. The lowest BCUT2D eigenvalue weighted by Gasteiger charge is -2.39. The molecule has 1 atom stereocenters. The van der Waals surface area contributed by atoms with E-state index in [0.29, 0.717) is 11.5 Å². The van der Waals surface area contributed by atoms with Crippen molar-refractivity contribution in [2.24, 2.45) is 0 Å². The lowest BCUT2D eigenvalue weighted by atomic mass is 9.92. The van der Waals surface area contributed by atoms with Crippen molar-refractivity contribution in [1.29, 1.82) is 0 Å². The van der Waals surface area contributed by atoms with Crippen LogP contribution in [-0.4, -0.2) is 50.7 Å². The molecule has 1 amide bonds. The van der Waals surface area contributed by atoms with Crippen LogP contribution in [0.5, 0.6) is 0 Å². The van der Waals surface area contributed by atoms with Gasteiger partial charge in [-0.3, -0.25) is 4.79 Å². The van der Waals surface area contributed by atoms with Crippen molar-refractivity contribution in [3.63, 3.8) is 0 Å². The first-order chi connectivity index (χ1) is 9.14. The van der Waals surface area contributed by atoms with E-state index in [-0.39, 0.29) is 18.7 Å². The number of β-amino-alcohol motifs (C(OH)–C–C–N with tert-alkyl or cyclic N) is 1. The Hall–Kier alpha value is -1.57. The zero-order valence-electron chi connectivity index (χ0n) is 11.2. The smallest absolute Gasteiger partial charge is 0.379 e. The molecule has 0 aliphatic carbocycles. The molecule has 1 aliphatic rings. The molecule has 1 unspecified atom stereocenters. The van der Waals surface area contributed by atoms with E-state index in [2.05, 4.69) is 9.97 Å². The van der Waals surface area contributed by atoms with Gasteiger partial charge in [0.2, 0.25) is 0 Å². The fourth-order valence-corrected chi connectivity index (χ4v) is 2.41. The quantitative estimate of drug-likeness (QED) is 0.825. The zero-order chi connectivity index (χ0) is 15.1. The van der Waals surface area contributed by atoms with Crippen molar-refractivity contribution in [1.82, 2.24) is 14.9 Å². The minimum Gasteiger partial charge on any atom is -0.379 e. The van der Waals surface area contributed by atoms with Crippen molar-refractivity contribution in [3.8, 4) is 0 Å². The van der Waals surface area contributed by atoms with Gasteiger partial charge in [-0.2, -0.15) is 13.2 Å². The Balaban J connectivity index is 2.21. The third kappa shape index (κ3) is 2.52. The number of nitrogens with zero attached hydrogens (tertiary/aromatic N) is 2. The molecule has 5 nitrogen and oxygen atoms in total. The summed E-state index contributed by atoms with van der Waals surface area (Å²) in [4.78, 5) is 20.0. The number of imidazole rings is 1. The zero-order valence-corrected chi connectivity index (χ0v) is 11.2. The van der Waals surface area contributed by atoms with Crippen molar-refractivity contribution in [2.75, 3.05) is 13.1 Å². The van der Waals surface area contributed by atoms with Crippen LogP contribution in [0.2, 0.25) is 0 Å². The van der Waals surface area contributed by atoms with E-state index in [1.54, 1.807) is 13.8 Å². The monoisotopic (exact) mass is 291 g/mol. The number of H-pyrrole nitrogens is 1. The molecule has 0 aromatic carbocycles. The predicted molar refractivity (Wildman–Crippen MR) is 64.2 cm³/mol. The normalized spacial score (nSPS) is 24.0. The van der Waals surface area contributed by atoms with Crippen LogP contribution < -0.4 is 0 Å². The van der Waals surface area contributed by atoms with E-state index >= 15 is 0 Å². The molecule has 0 spiro atoms. The molecule has 1 aromatic rings. The molecule has 0 saturated carbocycles. The number of nitrogens with one attached hydrogen (secondary N) is 1. The van der Waals surface area contributed by atoms with Gasteiger partial charge in [0.25, 0.3) is 5.91 Å². The van der Waals surface area contributed by atoms with Gasteiger partial charge < -0.3 is 15.0 Å². The highest BCUT2D eigenvalue weighted by molar-refractivity contribution is 5.93. The summed E-state index contributed by atoms with van der Waals surface area (Å²) in [6, 6.07) is 0. The highest BCUT2D eigenvalue weighted by Gasteiger charge is 2.56. The molecule has 2 N–H and O–H groups in total. The molecule has 8 heteroatoms. The Labute approximate surface area is 113 Å². The van der Waals surface area contributed by atoms with Crippen LogP contribution in [0.15, 0.2) is 0 Å². The maximum atomic E-state index is 12.8. The van der Waals surface area contributed by atoms with Crippen molar-refractivity contribution >= 4 is 5.91 Å². The number of halogens is 3. The summed E-state index contributed by atoms with van der Waals surface area (Å²) in [5, 5.41) is 9.70. The molecule has 112 valence electrons. The average molecular weight is 291 g/mol. The molecule has 0 bridgehead atoms. The maximum Gasteiger partial charge on any atom is 0.418 e. The van der Waals surface area contributed by atoms with Gasteiger partial charge in [-0.25, -0.2) is 4.98 Å². The number of piperidine rings is 1. The number of aromatic nitrogens is 2. The van der Waals surface area contributed by atoms with Gasteiger partial charge in [-0.05, 0) is 26.7 Å². The van der Waals surface area contributed by atoms with Crippen LogP contribution in [0.1, 0.15) is 34.8 Å². The topological polar surface area (TPSA) is 69.2 Å². The fourth-order valence-electron chi connectivity index (χ4n) is 2.41. The first kappa shape index (κ1) is 14.8. The summed E-state index contributed by atoms with van der Waals surface area (Å²) in [6.45, 7) is 2.72. The number of likely N-dealkylation sites (tertiary alicyclic amines) is 1. The summed E-state index contributed by atoms with van der Waals surface area (Å²) < 4.78 is 38.5. The molecule has 2 heterocycles. The van der Waals surface area contributed by atoms with Gasteiger partial charge in [0.05, 0.1) is 6.54 Å². The SMILES string of the molecule is Cc1nc(C(=O)N2CCCC(O)(C(F)(F)F)C2)c(C)[nH]1.